The molecule has 10 heteroatoms. The van der Waals surface area contributed by atoms with Crippen molar-refractivity contribution in [2.24, 2.45) is 0 Å². The van der Waals surface area contributed by atoms with Crippen LogP contribution < -0.4 is 0 Å². The summed E-state index contributed by atoms with van der Waals surface area (Å²) < 4.78 is 21.8. The van der Waals surface area contributed by atoms with Crippen LogP contribution in [0.15, 0.2) is 40.9 Å². The predicted octanol–water partition coefficient (Wildman–Crippen LogP) is 6.28. The lowest BCUT2D eigenvalue weighted by Crippen LogP contribution is -2.74. The normalized spacial score (nSPS) is 29.1. The van der Waals surface area contributed by atoms with Gasteiger partial charge in [-0.25, -0.2) is 5.06 Å². The molecule has 1 spiro atoms. The molecule has 2 heterocycles. The Morgan fingerprint density at radius 2 is 1.49 bits per heavy atom. The molecular formula is C27H40BrNO6Si2. The zero-order valence-electron chi connectivity index (χ0n) is 23.1. The Labute approximate surface area is 231 Å². The first kappa shape index (κ1) is 28.9. The van der Waals surface area contributed by atoms with Crippen molar-refractivity contribution in [3.05, 3.63) is 46.5 Å². The van der Waals surface area contributed by atoms with Crippen LogP contribution in [0.3, 0.4) is 0 Å². The van der Waals surface area contributed by atoms with Crippen molar-refractivity contribution in [1.29, 1.82) is 0 Å². The van der Waals surface area contributed by atoms with Crippen LogP contribution in [0.1, 0.15) is 67.4 Å². The van der Waals surface area contributed by atoms with E-state index in [1.165, 1.54) is 5.06 Å². The van der Waals surface area contributed by atoms with E-state index in [1.54, 1.807) is 6.08 Å². The summed E-state index contributed by atoms with van der Waals surface area (Å²) in [7, 11) is -5.94. The number of hydrogen-bond acceptors (Lipinski definition) is 6. The number of ketones is 1. The minimum atomic E-state index is -2.97. The van der Waals surface area contributed by atoms with Gasteiger partial charge in [0, 0.05) is 0 Å². The summed E-state index contributed by atoms with van der Waals surface area (Å²) in [6, 6.07) is 9.72. The molecule has 2 fully saturated rings. The van der Waals surface area contributed by atoms with Crippen molar-refractivity contribution in [2.75, 3.05) is 0 Å². The van der Waals surface area contributed by atoms with Gasteiger partial charge < -0.3 is 13.0 Å². The number of carbonyl (C=O) groups excluding carboxylic acids is 2. The number of carbonyl (C=O) groups is 2. The van der Waals surface area contributed by atoms with Crippen LogP contribution >= 0.6 is 15.9 Å². The van der Waals surface area contributed by atoms with Gasteiger partial charge in [-0.3, -0.25) is 14.4 Å². The van der Waals surface area contributed by atoms with Gasteiger partial charge in [-0.15, -0.1) is 0 Å². The molecule has 1 aromatic carbocycles. The third-order valence-electron chi connectivity index (χ3n) is 8.04. The average Bonchev–Trinajstić information content (AvgIpc) is 3.00. The highest BCUT2D eigenvalue weighted by Crippen LogP contribution is 2.54. The molecule has 3 aliphatic rings. The average molecular weight is 611 g/mol. The van der Waals surface area contributed by atoms with Crippen molar-refractivity contribution < 1.29 is 27.4 Å². The van der Waals surface area contributed by atoms with E-state index in [0.717, 1.165) is 5.56 Å². The van der Waals surface area contributed by atoms with Gasteiger partial charge in [0.25, 0.3) is 0 Å². The smallest absolute Gasteiger partial charge is 0.335 e. The highest BCUT2D eigenvalue weighted by atomic mass is 79.9. The summed E-state index contributed by atoms with van der Waals surface area (Å²) in [6.07, 6.45) is 0.357. The first-order chi connectivity index (χ1) is 17.3. The van der Waals surface area contributed by atoms with Crippen LogP contribution in [0.4, 0.5) is 0 Å². The molecule has 3 atom stereocenters. The van der Waals surface area contributed by atoms with E-state index in [-0.39, 0.29) is 46.9 Å². The van der Waals surface area contributed by atoms with Crippen molar-refractivity contribution in [3.8, 4) is 0 Å². The van der Waals surface area contributed by atoms with Gasteiger partial charge in [0.05, 0.1) is 10.9 Å². The van der Waals surface area contributed by atoms with Crippen molar-refractivity contribution in [1.82, 2.24) is 5.06 Å². The van der Waals surface area contributed by atoms with Crippen molar-refractivity contribution in [2.45, 2.75) is 108 Å². The largest absolute Gasteiger partial charge is 0.414 e. The number of β-lactam (4-membered cyclic amide) rings is 1. The number of benzene rings is 1. The number of amides is 1. The Kier molecular flexibility index (Phi) is 8.14. The Morgan fingerprint density at radius 1 is 0.946 bits per heavy atom. The summed E-state index contributed by atoms with van der Waals surface area (Å²) in [5.41, 5.74) is 0.393. The minimum Gasteiger partial charge on any atom is -0.414 e. The Bertz CT molecular complexity index is 1050. The topological polar surface area (TPSA) is 74.3 Å². The standard InChI is InChI=1S/C27H40BrNO6Si2/c1-17(2)36(18(3)4)33-25-24(31)22(28)14-27(26(25)34-37(35-36,19(5)6)20(7)8)15-23(30)29(27)32-16-21-12-10-9-11-13-21/h9-14,17-20,25-26H,15-16H2,1-8H3/t25-,26-,27+/m1/s1. The second kappa shape index (κ2) is 10.4. The molecule has 2 saturated heterocycles. The molecule has 0 N–H and O–H groups in total. The van der Waals surface area contributed by atoms with Gasteiger partial charge in [-0.2, -0.15) is 0 Å². The maximum atomic E-state index is 13.7. The van der Waals surface area contributed by atoms with Gasteiger partial charge in [0.2, 0.25) is 5.91 Å². The summed E-state index contributed by atoms with van der Waals surface area (Å²) in [5, 5.41) is 1.41. The molecule has 0 aromatic heterocycles. The fourth-order valence-electron chi connectivity index (χ4n) is 5.99. The zero-order valence-corrected chi connectivity index (χ0v) is 26.7. The number of fused-ring (bicyclic) bond motifs is 2. The van der Waals surface area contributed by atoms with Crippen LogP contribution in [0, 0.1) is 0 Å². The molecule has 204 valence electrons. The summed E-state index contributed by atoms with van der Waals surface area (Å²) >= 11 is 3.50. The lowest BCUT2D eigenvalue weighted by Gasteiger charge is -2.56. The molecular weight excluding hydrogens is 570 g/mol. The number of Topliss-reactive ketones (excluding diaryl/α,β-unsaturated/α-hetero) is 1. The lowest BCUT2D eigenvalue weighted by atomic mass is 9.74. The Morgan fingerprint density at radius 3 is 2.00 bits per heavy atom. The number of hydroxylamine groups is 2. The van der Waals surface area contributed by atoms with Crippen molar-refractivity contribution in [3.63, 3.8) is 0 Å². The molecule has 37 heavy (non-hydrogen) atoms. The van der Waals surface area contributed by atoms with Crippen molar-refractivity contribution >= 4 is 44.7 Å². The second-order valence-electron chi connectivity index (χ2n) is 11.7. The maximum absolute atomic E-state index is 13.7. The molecule has 0 bridgehead atoms. The first-order valence-corrected chi connectivity index (χ1v) is 18.0. The summed E-state index contributed by atoms with van der Waals surface area (Å²) in [4.78, 5) is 32.9. The minimum absolute atomic E-state index is 0.0983. The van der Waals surface area contributed by atoms with Crippen LogP contribution in [-0.4, -0.2) is 51.6 Å². The molecule has 0 radical (unpaired) electrons. The van der Waals surface area contributed by atoms with Crippen LogP contribution in [0.2, 0.25) is 22.2 Å². The monoisotopic (exact) mass is 609 g/mol. The van der Waals surface area contributed by atoms with E-state index < -0.39 is 34.9 Å². The fourth-order valence-corrected chi connectivity index (χ4v) is 17.9. The highest BCUT2D eigenvalue weighted by molar-refractivity contribution is 9.12. The van der Waals surface area contributed by atoms with Crippen LogP contribution in [0.5, 0.6) is 0 Å². The Hall–Kier alpha value is -1.15. The van der Waals surface area contributed by atoms with Gasteiger partial charge in [-0.05, 0) is 49.7 Å². The van der Waals surface area contributed by atoms with E-state index in [9.17, 15) is 9.59 Å². The second-order valence-corrected chi connectivity index (χ2v) is 21.4. The highest BCUT2D eigenvalue weighted by Gasteiger charge is 2.70. The lowest BCUT2D eigenvalue weighted by molar-refractivity contribution is -0.272. The SMILES string of the molecule is CC(C)[Si]1(C(C)C)O[C@@H]2C(=O)C(Br)=C[C@]3(CC(=O)N3OCc3ccccc3)[C@@H]2O[Si](C(C)C)(C(C)C)O1. The number of nitrogens with zero attached hydrogens (tertiary/aromatic N) is 1. The molecule has 1 aliphatic carbocycles. The number of hydrogen-bond donors (Lipinski definition) is 0. The summed E-state index contributed by atoms with van der Waals surface area (Å²) in [6.45, 7) is 17.3. The predicted molar refractivity (Wildman–Crippen MR) is 150 cm³/mol. The third kappa shape index (κ3) is 4.66. The van der Waals surface area contributed by atoms with Gasteiger partial charge in [0.1, 0.15) is 24.4 Å². The summed E-state index contributed by atoms with van der Waals surface area (Å²) in [5.74, 6) is -0.316. The van der Waals surface area contributed by atoms with E-state index in [0.29, 0.717) is 4.48 Å². The fraction of sp³-hybridized carbons (Fsp3) is 0.630. The van der Waals surface area contributed by atoms with Gasteiger partial charge in [0.15, 0.2) is 5.78 Å². The van der Waals surface area contributed by atoms with E-state index in [2.05, 4.69) is 71.3 Å². The molecule has 1 amide bonds. The Balaban J connectivity index is 1.84. The van der Waals surface area contributed by atoms with Crippen LogP contribution in [-0.2, 0) is 34.0 Å². The van der Waals surface area contributed by atoms with Gasteiger partial charge >= 0.3 is 17.1 Å². The third-order valence-corrected chi connectivity index (χ3v) is 18.9. The molecule has 0 saturated carbocycles. The molecule has 1 aromatic rings. The van der Waals surface area contributed by atoms with E-state index >= 15 is 0 Å². The maximum Gasteiger partial charge on any atom is 0.335 e. The van der Waals surface area contributed by atoms with Gasteiger partial charge in [-0.1, -0.05) is 85.7 Å². The first-order valence-electron chi connectivity index (χ1n) is 13.3. The molecule has 7 nitrogen and oxygen atoms in total. The molecule has 4 rings (SSSR count). The quantitative estimate of drug-likeness (QED) is 0.268. The van der Waals surface area contributed by atoms with Crippen LogP contribution in [0.25, 0.3) is 0 Å². The van der Waals surface area contributed by atoms with E-state index in [1.807, 2.05) is 30.3 Å². The zero-order chi connectivity index (χ0) is 27.3. The number of rotatable bonds is 7. The molecule has 0 unspecified atom stereocenters. The van der Waals surface area contributed by atoms with E-state index in [4.69, 9.17) is 17.8 Å². The molecule has 2 aliphatic heterocycles. The number of halogens is 1.